The molecule has 2 fully saturated rings. The van der Waals surface area contributed by atoms with Crippen LogP contribution >= 0.6 is 23.8 Å². The lowest BCUT2D eigenvalue weighted by Crippen LogP contribution is -2.32. The number of thiocarbonyl (C=S) groups is 1. The maximum atomic E-state index is 12.4. The van der Waals surface area contributed by atoms with Gasteiger partial charge in [0.15, 0.2) is 5.11 Å². The van der Waals surface area contributed by atoms with Gasteiger partial charge in [0.1, 0.15) is 17.2 Å². The fourth-order valence-corrected chi connectivity index (χ4v) is 3.11. The van der Waals surface area contributed by atoms with Crippen LogP contribution in [0.4, 0.5) is 0 Å². The summed E-state index contributed by atoms with van der Waals surface area (Å²) in [4.78, 5) is 14.0. The van der Waals surface area contributed by atoms with E-state index in [2.05, 4.69) is 5.32 Å². The Morgan fingerprint density at radius 3 is 2.87 bits per heavy atom. The Bertz CT molecular complexity index is 839. The Labute approximate surface area is 143 Å². The third-order valence-corrected chi connectivity index (χ3v) is 4.38. The molecule has 0 unspecified atom stereocenters. The molecule has 1 aromatic heterocycles. The standard InChI is InChI=1S/C17H13ClN2O2S/c18-11-3-1-2-10(8-11)15-7-6-13(22-15)9-14-16(21)20(12-4-5-12)17(23)19-14/h1-3,6-9,12H,4-5H2,(H,19,23)/b14-9+. The number of halogens is 1. The van der Waals surface area contributed by atoms with E-state index in [0.717, 1.165) is 18.4 Å². The molecule has 23 heavy (non-hydrogen) atoms. The first kappa shape index (κ1) is 14.5. The van der Waals surface area contributed by atoms with E-state index < -0.39 is 0 Å². The lowest BCUT2D eigenvalue weighted by atomic mass is 10.2. The van der Waals surface area contributed by atoms with Crippen molar-refractivity contribution in [3.63, 3.8) is 0 Å². The van der Waals surface area contributed by atoms with Crippen molar-refractivity contribution in [2.75, 3.05) is 0 Å². The van der Waals surface area contributed by atoms with Crippen LogP contribution in [0.2, 0.25) is 5.02 Å². The first-order chi connectivity index (χ1) is 11.1. The van der Waals surface area contributed by atoms with Crippen LogP contribution in [0.15, 0.2) is 46.5 Å². The number of benzene rings is 1. The third kappa shape index (κ3) is 2.78. The summed E-state index contributed by atoms with van der Waals surface area (Å²) >= 11 is 11.2. The van der Waals surface area contributed by atoms with Crippen molar-refractivity contribution >= 4 is 40.9 Å². The van der Waals surface area contributed by atoms with Crippen LogP contribution in [-0.2, 0) is 4.79 Å². The second-order valence-electron chi connectivity index (χ2n) is 5.61. The summed E-state index contributed by atoms with van der Waals surface area (Å²) in [6.07, 6.45) is 3.71. The molecule has 1 amide bonds. The summed E-state index contributed by atoms with van der Waals surface area (Å²) in [5.74, 6) is 1.21. The minimum Gasteiger partial charge on any atom is -0.457 e. The topological polar surface area (TPSA) is 45.5 Å². The molecule has 0 radical (unpaired) electrons. The van der Waals surface area contributed by atoms with Crippen molar-refractivity contribution < 1.29 is 9.21 Å². The van der Waals surface area contributed by atoms with E-state index in [1.54, 1.807) is 11.0 Å². The Morgan fingerprint density at radius 2 is 2.13 bits per heavy atom. The highest BCUT2D eigenvalue weighted by Gasteiger charge is 2.41. The van der Waals surface area contributed by atoms with E-state index in [4.69, 9.17) is 28.2 Å². The maximum absolute atomic E-state index is 12.4. The molecular weight excluding hydrogens is 332 g/mol. The average molecular weight is 345 g/mol. The van der Waals surface area contributed by atoms with E-state index in [0.29, 0.717) is 27.4 Å². The van der Waals surface area contributed by atoms with Crippen LogP contribution in [-0.4, -0.2) is 22.0 Å². The average Bonchev–Trinajstić information content (AvgIpc) is 3.17. The molecule has 2 aromatic rings. The molecule has 0 atom stereocenters. The molecule has 0 spiro atoms. The monoisotopic (exact) mass is 344 g/mol. The summed E-state index contributed by atoms with van der Waals surface area (Å²) in [6, 6.07) is 11.4. The molecule has 0 bridgehead atoms. The van der Waals surface area contributed by atoms with Gasteiger partial charge >= 0.3 is 0 Å². The number of nitrogens with zero attached hydrogens (tertiary/aromatic N) is 1. The number of hydrogen-bond acceptors (Lipinski definition) is 3. The van der Waals surface area contributed by atoms with Gasteiger partial charge in [0.25, 0.3) is 5.91 Å². The van der Waals surface area contributed by atoms with Crippen molar-refractivity contribution in [2.24, 2.45) is 0 Å². The highest BCUT2D eigenvalue weighted by atomic mass is 35.5. The molecule has 4 nitrogen and oxygen atoms in total. The molecule has 4 rings (SSSR count). The van der Waals surface area contributed by atoms with E-state index in [9.17, 15) is 4.79 Å². The number of furan rings is 1. The van der Waals surface area contributed by atoms with Crippen LogP contribution in [0.1, 0.15) is 18.6 Å². The smallest absolute Gasteiger partial charge is 0.276 e. The highest BCUT2D eigenvalue weighted by Crippen LogP contribution is 2.31. The largest absolute Gasteiger partial charge is 0.457 e. The fourth-order valence-electron chi connectivity index (χ4n) is 2.58. The molecule has 1 N–H and O–H groups in total. The Morgan fingerprint density at radius 1 is 1.30 bits per heavy atom. The van der Waals surface area contributed by atoms with Gasteiger partial charge in [-0.1, -0.05) is 23.7 Å². The lowest BCUT2D eigenvalue weighted by molar-refractivity contribution is -0.122. The zero-order chi connectivity index (χ0) is 16.0. The Kier molecular flexibility index (Phi) is 3.47. The minimum atomic E-state index is -0.0850. The molecule has 2 aliphatic rings. The van der Waals surface area contributed by atoms with Gasteiger partial charge < -0.3 is 9.73 Å². The predicted octanol–water partition coefficient (Wildman–Crippen LogP) is 3.82. The van der Waals surface area contributed by atoms with Crippen LogP contribution in [0.5, 0.6) is 0 Å². The summed E-state index contributed by atoms with van der Waals surface area (Å²) in [5, 5.41) is 4.10. The summed E-state index contributed by atoms with van der Waals surface area (Å²) < 4.78 is 5.79. The van der Waals surface area contributed by atoms with Gasteiger partial charge in [0.2, 0.25) is 0 Å². The SMILES string of the molecule is O=C1/C(=C\c2ccc(-c3cccc(Cl)c3)o2)NC(=S)N1C1CC1. The normalized spacial score (nSPS) is 19.5. The number of rotatable bonds is 3. The van der Waals surface area contributed by atoms with Gasteiger partial charge in [0.05, 0.1) is 0 Å². The molecule has 6 heteroatoms. The summed E-state index contributed by atoms with van der Waals surface area (Å²) in [6.45, 7) is 0. The van der Waals surface area contributed by atoms with Gasteiger partial charge in [-0.25, -0.2) is 0 Å². The predicted molar refractivity (Wildman–Crippen MR) is 92.7 cm³/mol. The van der Waals surface area contributed by atoms with E-state index in [1.165, 1.54) is 0 Å². The first-order valence-corrected chi connectivity index (χ1v) is 8.12. The van der Waals surface area contributed by atoms with Gasteiger partial charge in [0, 0.05) is 22.7 Å². The number of carbonyl (C=O) groups is 1. The molecule has 1 saturated carbocycles. The number of carbonyl (C=O) groups excluding carboxylic acids is 1. The third-order valence-electron chi connectivity index (χ3n) is 3.84. The zero-order valence-corrected chi connectivity index (χ0v) is 13.7. The molecular formula is C17H13ClN2O2S. The van der Waals surface area contributed by atoms with Crippen LogP contribution < -0.4 is 5.32 Å². The quantitative estimate of drug-likeness (QED) is 0.679. The fraction of sp³-hybridized carbons (Fsp3) is 0.176. The minimum absolute atomic E-state index is 0.0850. The summed E-state index contributed by atoms with van der Waals surface area (Å²) in [5.41, 5.74) is 1.34. The van der Waals surface area contributed by atoms with Crippen molar-refractivity contribution in [1.82, 2.24) is 10.2 Å². The molecule has 1 aromatic carbocycles. The molecule has 1 saturated heterocycles. The lowest BCUT2D eigenvalue weighted by Gasteiger charge is -2.11. The molecule has 1 aliphatic heterocycles. The second kappa shape index (κ2) is 5.51. The van der Waals surface area contributed by atoms with Gasteiger partial charge in [-0.2, -0.15) is 0 Å². The highest BCUT2D eigenvalue weighted by molar-refractivity contribution is 7.80. The van der Waals surface area contributed by atoms with Gasteiger partial charge in [-0.3, -0.25) is 9.69 Å². The Hall–Kier alpha value is -2.11. The summed E-state index contributed by atoms with van der Waals surface area (Å²) in [7, 11) is 0. The second-order valence-corrected chi connectivity index (χ2v) is 6.43. The zero-order valence-electron chi connectivity index (χ0n) is 12.1. The van der Waals surface area contributed by atoms with E-state index >= 15 is 0 Å². The van der Waals surface area contributed by atoms with Crippen molar-refractivity contribution in [2.45, 2.75) is 18.9 Å². The van der Waals surface area contributed by atoms with Gasteiger partial charge in [-0.05, 0) is 49.3 Å². The van der Waals surface area contributed by atoms with Gasteiger partial charge in [-0.15, -0.1) is 0 Å². The maximum Gasteiger partial charge on any atom is 0.276 e. The molecule has 116 valence electrons. The molecule has 2 heterocycles. The van der Waals surface area contributed by atoms with Crippen molar-refractivity contribution in [3.8, 4) is 11.3 Å². The molecule has 1 aliphatic carbocycles. The van der Waals surface area contributed by atoms with Crippen LogP contribution in [0.3, 0.4) is 0 Å². The number of amides is 1. The van der Waals surface area contributed by atoms with Crippen molar-refractivity contribution in [3.05, 3.63) is 52.9 Å². The first-order valence-electron chi connectivity index (χ1n) is 7.34. The number of nitrogens with one attached hydrogen (secondary N) is 1. The van der Waals surface area contributed by atoms with Crippen LogP contribution in [0, 0.1) is 0 Å². The van der Waals surface area contributed by atoms with Crippen molar-refractivity contribution in [1.29, 1.82) is 0 Å². The van der Waals surface area contributed by atoms with Crippen LogP contribution in [0.25, 0.3) is 17.4 Å². The number of hydrogen-bond donors (Lipinski definition) is 1. The Balaban J connectivity index is 1.60. The van der Waals surface area contributed by atoms with E-state index in [1.807, 2.05) is 36.4 Å². The van der Waals surface area contributed by atoms with E-state index in [-0.39, 0.29) is 11.9 Å².